The standard InChI is InChI=1S/C12H18FN3O/c1-15-12(17)5-6-16(2)11-4-3-10(13)7-9(11)8-14/h3-4,7H,5-6,8,14H2,1-2H3,(H,15,17). The number of anilines is 1. The summed E-state index contributed by atoms with van der Waals surface area (Å²) in [4.78, 5) is 13.0. The van der Waals surface area contributed by atoms with Crippen molar-refractivity contribution < 1.29 is 9.18 Å². The van der Waals surface area contributed by atoms with Gasteiger partial charge in [0, 0.05) is 39.3 Å². The van der Waals surface area contributed by atoms with Crippen LogP contribution in [0.2, 0.25) is 0 Å². The lowest BCUT2D eigenvalue weighted by molar-refractivity contribution is -0.120. The highest BCUT2D eigenvalue weighted by atomic mass is 19.1. The number of hydrogen-bond donors (Lipinski definition) is 2. The minimum Gasteiger partial charge on any atom is -0.374 e. The van der Waals surface area contributed by atoms with Gasteiger partial charge in [-0.15, -0.1) is 0 Å². The lowest BCUT2D eigenvalue weighted by Crippen LogP contribution is -2.27. The highest BCUT2D eigenvalue weighted by Gasteiger charge is 2.09. The Morgan fingerprint density at radius 3 is 2.82 bits per heavy atom. The van der Waals surface area contributed by atoms with Crippen LogP contribution in [0.15, 0.2) is 18.2 Å². The second kappa shape index (κ2) is 6.20. The van der Waals surface area contributed by atoms with Crippen LogP contribution in [0.3, 0.4) is 0 Å². The lowest BCUT2D eigenvalue weighted by atomic mass is 10.1. The molecule has 94 valence electrons. The third-order valence-electron chi connectivity index (χ3n) is 2.63. The van der Waals surface area contributed by atoms with Crippen LogP contribution in [-0.4, -0.2) is 26.5 Å². The van der Waals surface area contributed by atoms with E-state index in [4.69, 9.17) is 5.73 Å². The average Bonchev–Trinajstić information content (AvgIpc) is 2.35. The molecule has 0 aliphatic rings. The molecule has 0 aliphatic carbocycles. The minimum atomic E-state index is -0.297. The van der Waals surface area contributed by atoms with E-state index in [1.807, 2.05) is 11.9 Å². The molecule has 5 heteroatoms. The molecule has 0 heterocycles. The van der Waals surface area contributed by atoms with Gasteiger partial charge in [0.2, 0.25) is 5.91 Å². The van der Waals surface area contributed by atoms with Crippen LogP contribution in [0, 0.1) is 5.82 Å². The van der Waals surface area contributed by atoms with Gasteiger partial charge in [-0.05, 0) is 23.8 Å². The summed E-state index contributed by atoms with van der Waals surface area (Å²) in [6.45, 7) is 0.843. The van der Waals surface area contributed by atoms with Gasteiger partial charge >= 0.3 is 0 Å². The van der Waals surface area contributed by atoms with E-state index in [-0.39, 0.29) is 18.3 Å². The van der Waals surface area contributed by atoms with Gasteiger partial charge in [-0.3, -0.25) is 4.79 Å². The number of rotatable bonds is 5. The Hall–Kier alpha value is -1.62. The summed E-state index contributed by atoms with van der Waals surface area (Å²) in [6, 6.07) is 4.50. The first-order valence-corrected chi connectivity index (χ1v) is 5.48. The van der Waals surface area contributed by atoms with E-state index in [0.717, 1.165) is 11.3 Å². The third-order valence-corrected chi connectivity index (χ3v) is 2.63. The largest absolute Gasteiger partial charge is 0.374 e. The number of benzene rings is 1. The summed E-state index contributed by atoms with van der Waals surface area (Å²) in [7, 11) is 3.46. The predicted octanol–water partition coefficient (Wildman–Crippen LogP) is 0.857. The van der Waals surface area contributed by atoms with Gasteiger partial charge in [0.1, 0.15) is 5.82 Å². The Kier molecular flexibility index (Phi) is 4.90. The molecule has 1 aromatic rings. The van der Waals surface area contributed by atoms with Crippen molar-refractivity contribution in [2.75, 3.05) is 25.5 Å². The van der Waals surface area contributed by atoms with Crippen LogP contribution < -0.4 is 16.0 Å². The van der Waals surface area contributed by atoms with E-state index in [1.54, 1.807) is 13.1 Å². The number of nitrogens with two attached hydrogens (primary N) is 1. The first-order valence-electron chi connectivity index (χ1n) is 5.48. The molecule has 0 bridgehead atoms. The highest BCUT2D eigenvalue weighted by Crippen LogP contribution is 2.20. The number of carbonyl (C=O) groups is 1. The summed E-state index contributed by atoms with van der Waals surface area (Å²) >= 11 is 0. The van der Waals surface area contributed by atoms with Crippen molar-refractivity contribution >= 4 is 11.6 Å². The normalized spacial score (nSPS) is 10.1. The second-order valence-corrected chi connectivity index (χ2v) is 3.82. The Bertz CT molecular complexity index is 395. The first-order chi connectivity index (χ1) is 8.08. The highest BCUT2D eigenvalue weighted by molar-refractivity contribution is 5.76. The van der Waals surface area contributed by atoms with Crippen molar-refractivity contribution in [2.45, 2.75) is 13.0 Å². The van der Waals surface area contributed by atoms with Crippen molar-refractivity contribution in [3.63, 3.8) is 0 Å². The molecule has 4 nitrogen and oxygen atoms in total. The van der Waals surface area contributed by atoms with Crippen LogP contribution in [0.4, 0.5) is 10.1 Å². The first kappa shape index (κ1) is 13.4. The number of halogens is 1. The predicted molar refractivity (Wildman–Crippen MR) is 66.2 cm³/mol. The SMILES string of the molecule is CNC(=O)CCN(C)c1ccc(F)cc1CN. The van der Waals surface area contributed by atoms with Crippen molar-refractivity contribution in [1.29, 1.82) is 0 Å². The molecule has 0 spiro atoms. The number of amides is 1. The molecule has 0 aromatic heterocycles. The second-order valence-electron chi connectivity index (χ2n) is 3.82. The smallest absolute Gasteiger partial charge is 0.221 e. The minimum absolute atomic E-state index is 0.0201. The van der Waals surface area contributed by atoms with E-state index in [9.17, 15) is 9.18 Å². The van der Waals surface area contributed by atoms with Crippen molar-refractivity contribution in [3.05, 3.63) is 29.6 Å². The summed E-state index contributed by atoms with van der Waals surface area (Å²) in [5, 5.41) is 2.56. The maximum absolute atomic E-state index is 13.0. The lowest BCUT2D eigenvalue weighted by Gasteiger charge is -2.21. The molecule has 0 radical (unpaired) electrons. The average molecular weight is 239 g/mol. The molecule has 0 aliphatic heterocycles. The topological polar surface area (TPSA) is 58.4 Å². The molecule has 0 saturated heterocycles. The van der Waals surface area contributed by atoms with Crippen LogP contribution >= 0.6 is 0 Å². The quantitative estimate of drug-likeness (QED) is 0.801. The molecule has 0 atom stereocenters. The van der Waals surface area contributed by atoms with Crippen LogP contribution in [0.5, 0.6) is 0 Å². The van der Waals surface area contributed by atoms with Crippen LogP contribution in [0.25, 0.3) is 0 Å². The molecular formula is C12H18FN3O. The molecule has 0 fully saturated rings. The van der Waals surface area contributed by atoms with Crippen LogP contribution in [-0.2, 0) is 11.3 Å². The fraction of sp³-hybridized carbons (Fsp3) is 0.417. The molecule has 0 unspecified atom stereocenters. The maximum atomic E-state index is 13.0. The number of nitrogens with zero attached hydrogens (tertiary/aromatic N) is 1. The Morgan fingerprint density at radius 2 is 2.24 bits per heavy atom. The molecule has 1 amide bonds. The van der Waals surface area contributed by atoms with Crippen LogP contribution in [0.1, 0.15) is 12.0 Å². The molecule has 3 N–H and O–H groups in total. The van der Waals surface area contributed by atoms with Crippen molar-refractivity contribution in [1.82, 2.24) is 5.32 Å². The van der Waals surface area contributed by atoms with Gasteiger partial charge in [0.15, 0.2) is 0 Å². The Balaban J connectivity index is 2.74. The maximum Gasteiger partial charge on any atom is 0.221 e. The van der Waals surface area contributed by atoms with E-state index >= 15 is 0 Å². The molecular weight excluding hydrogens is 221 g/mol. The number of nitrogens with one attached hydrogen (secondary N) is 1. The van der Waals surface area contributed by atoms with Gasteiger partial charge in [0.25, 0.3) is 0 Å². The zero-order valence-corrected chi connectivity index (χ0v) is 10.2. The zero-order chi connectivity index (χ0) is 12.8. The van der Waals surface area contributed by atoms with Gasteiger partial charge < -0.3 is 16.0 Å². The van der Waals surface area contributed by atoms with Gasteiger partial charge in [-0.1, -0.05) is 0 Å². The monoisotopic (exact) mass is 239 g/mol. The molecule has 1 rings (SSSR count). The summed E-state index contributed by atoms with van der Waals surface area (Å²) in [5.74, 6) is -0.317. The fourth-order valence-electron chi connectivity index (χ4n) is 1.60. The molecule has 1 aromatic carbocycles. The number of carbonyl (C=O) groups excluding carboxylic acids is 1. The van der Waals surface area contributed by atoms with E-state index in [2.05, 4.69) is 5.32 Å². The molecule has 0 saturated carbocycles. The number of hydrogen-bond acceptors (Lipinski definition) is 3. The zero-order valence-electron chi connectivity index (χ0n) is 10.2. The summed E-state index contributed by atoms with van der Waals surface area (Å²) in [5.41, 5.74) is 7.17. The van der Waals surface area contributed by atoms with E-state index < -0.39 is 0 Å². The summed E-state index contributed by atoms with van der Waals surface area (Å²) < 4.78 is 13.0. The van der Waals surface area contributed by atoms with Gasteiger partial charge in [-0.2, -0.15) is 0 Å². The van der Waals surface area contributed by atoms with E-state index in [0.29, 0.717) is 13.0 Å². The third kappa shape index (κ3) is 3.71. The Morgan fingerprint density at radius 1 is 1.53 bits per heavy atom. The van der Waals surface area contributed by atoms with Crippen molar-refractivity contribution in [2.24, 2.45) is 5.73 Å². The van der Waals surface area contributed by atoms with Gasteiger partial charge in [-0.25, -0.2) is 4.39 Å². The fourth-order valence-corrected chi connectivity index (χ4v) is 1.60. The van der Waals surface area contributed by atoms with Gasteiger partial charge in [0.05, 0.1) is 0 Å². The molecule has 17 heavy (non-hydrogen) atoms. The van der Waals surface area contributed by atoms with E-state index in [1.165, 1.54) is 12.1 Å². The Labute approximate surface area is 101 Å². The van der Waals surface area contributed by atoms with Crippen molar-refractivity contribution in [3.8, 4) is 0 Å². The summed E-state index contributed by atoms with van der Waals surface area (Å²) in [6.07, 6.45) is 0.397.